The van der Waals surface area contributed by atoms with Crippen molar-refractivity contribution < 1.29 is 9.59 Å². The molecular formula is C21H23ClN4O2. The number of carbonyl (C=O) groups is 2. The van der Waals surface area contributed by atoms with Crippen LogP contribution < -0.4 is 5.32 Å². The molecule has 6 nitrogen and oxygen atoms in total. The van der Waals surface area contributed by atoms with E-state index in [1.807, 2.05) is 28.8 Å². The first-order chi connectivity index (χ1) is 13.3. The van der Waals surface area contributed by atoms with E-state index in [4.69, 9.17) is 11.6 Å². The lowest BCUT2D eigenvalue weighted by Crippen LogP contribution is -2.22. The molecule has 2 aromatic heterocycles. The van der Waals surface area contributed by atoms with E-state index in [-0.39, 0.29) is 16.8 Å². The van der Waals surface area contributed by atoms with Crippen LogP contribution in [-0.4, -0.2) is 40.2 Å². The molecule has 0 aliphatic carbocycles. The molecule has 1 N–H and O–H groups in total. The third-order valence-corrected chi connectivity index (χ3v) is 4.60. The van der Waals surface area contributed by atoms with Gasteiger partial charge in [0.05, 0.1) is 16.1 Å². The van der Waals surface area contributed by atoms with Gasteiger partial charge in [-0.05, 0) is 36.2 Å². The lowest BCUT2D eigenvalue weighted by molar-refractivity contribution is 0.0827. The van der Waals surface area contributed by atoms with E-state index in [1.54, 1.807) is 32.3 Å². The van der Waals surface area contributed by atoms with E-state index in [1.165, 1.54) is 4.90 Å². The smallest absolute Gasteiger partial charge is 0.276 e. The zero-order valence-corrected chi connectivity index (χ0v) is 17.1. The molecule has 0 atom stereocenters. The Morgan fingerprint density at radius 2 is 1.96 bits per heavy atom. The zero-order chi connectivity index (χ0) is 20.4. The average molecular weight is 399 g/mol. The average Bonchev–Trinajstić information content (AvgIpc) is 2.99. The highest BCUT2D eigenvalue weighted by atomic mass is 35.5. The molecule has 2 heterocycles. The van der Waals surface area contributed by atoms with E-state index in [9.17, 15) is 9.59 Å². The van der Waals surface area contributed by atoms with Crippen molar-refractivity contribution in [3.63, 3.8) is 0 Å². The van der Waals surface area contributed by atoms with E-state index in [0.717, 1.165) is 17.8 Å². The van der Waals surface area contributed by atoms with Gasteiger partial charge in [-0.3, -0.25) is 9.59 Å². The summed E-state index contributed by atoms with van der Waals surface area (Å²) in [6.45, 7) is 4.23. The molecule has 0 aliphatic heterocycles. The van der Waals surface area contributed by atoms with Crippen molar-refractivity contribution in [3.05, 3.63) is 64.7 Å². The summed E-state index contributed by atoms with van der Waals surface area (Å²) in [5.41, 5.74) is 2.01. The van der Waals surface area contributed by atoms with Crippen LogP contribution in [0.2, 0.25) is 5.02 Å². The van der Waals surface area contributed by atoms with Crippen molar-refractivity contribution in [3.8, 4) is 0 Å². The molecular weight excluding hydrogens is 376 g/mol. The van der Waals surface area contributed by atoms with Crippen LogP contribution in [0.1, 0.15) is 40.5 Å². The number of rotatable bonds is 5. The lowest BCUT2D eigenvalue weighted by atomic mass is 10.1. The van der Waals surface area contributed by atoms with Crippen molar-refractivity contribution >= 4 is 34.6 Å². The van der Waals surface area contributed by atoms with Gasteiger partial charge in [-0.25, -0.2) is 4.98 Å². The Labute approximate surface area is 169 Å². The van der Waals surface area contributed by atoms with Gasteiger partial charge in [-0.1, -0.05) is 31.5 Å². The lowest BCUT2D eigenvalue weighted by Gasteiger charge is -2.12. The Kier molecular flexibility index (Phi) is 5.70. The summed E-state index contributed by atoms with van der Waals surface area (Å²) in [5.74, 6) is 0.755. The molecule has 2 amide bonds. The number of benzene rings is 1. The molecule has 0 saturated carbocycles. The molecule has 3 aromatic rings. The van der Waals surface area contributed by atoms with Crippen LogP contribution >= 0.6 is 11.6 Å². The van der Waals surface area contributed by atoms with Crippen LogP contribution in [0.15, 0.2) is 42.6 Å². The molecule has 7 heteroatoms. The third kappa shape index (κ3) is 4.02. The standard InChI is InChI=1S/C21H23ClN4O2/c1-13(2)11-18-24-19(17-7-5-6-10-26(17)18)20(27)23-14-8-9-15(16(22)12-14)21(28)25(3)4/h5-10,12-13H,11H2,1-4H3,(H,23,27). The molecule has 0 unspecified atom stereocenters. The number of fused-ring (bicyclic) bond motifs is 1. The number of hydrogen-bond acceptors (Lipinski definition) is 3. The number of anilines is 1. The summed E-state index contributed by atoms with van der Waals surface area (Å²) < 4.78 is 1.95. The first-order valence-corrected chi connectivity index (χ1v) is 9.44. The molecule has 0 bridgehead atoms. The van der Waals surface area contributed by atoms with Crippen LogP contribution in [0.25, 0.3) is 5.52 Å². The highest BCUT2D eigenvalue weighted by Gasteiger charge is 2.19. The number of pyridine rings is 1. The quantitative estimate of drug-likeness (QED) is 0.702. The predicted molar refractivity (Wildman–Crippen MR) is 111 cm³/mol. The van der Waals surface area contributed by atoms with Crippen LogP contribution in [0.4, 0.5) is 5.69 Å². The van der Waals surface area contributed by atoms with E-state index < -0.39 is 0 Å². The minimum Gasteiger partial charge on any atom is -0.345 e. The molecule has 0 radical (unpaired) electrons. The summed E-state index contributed by atoms with van der Waals surface area (Å²) in [7, 11) is 3.32. The maximum absolute atomic E-state index is 12.9. The summed E-state index contributed by atoms with van der Waals surface area (Å²) in [6.07, 6.45) is 2.68. The first-order valence-electron chi connectivity index (χ1n) is 9.06. The molecule has 28 heavy (non-hydrogen) atoms. The maximum atomic E-state index is 12.9. The number of nitrogens with one attached hydrogen (secondary N) is 1. The predicted octanol–water partition coefficient (Wildman–Crippen LogP) is 4.14. The molecule has 0 saturated heterocycles. The van der Waals surface area contributed by atoms with Crippen molar-refractivity contribution in [1.82, 2.24) is 14.3 Å². The van der Waals surface area contributed by atoms with Gasteiger partial charge < -0.3 is 14.6 Å². The number of hydrogen-bond donors (Lipinski definition) is 1. The summed E-state index contributed by atoms with van der Waals surface area (Å²) >= 11 is 6.24. The SMILES string of the molecule is CC(C)Cc1nc(C(=O)Nc2ccc(C(=O)N(C)C)c(Cl)c2)c2ccccn12. The van der Waals surface area contributed by atoms with Crippen LogP contribution in [0, 0.1) is 5.92 Å². The van der Waals surface area contributed by atoms with Gasteiger partial charge in [0.15, 0.2) is 5.69 Å². The molecule has 146 valence electrons. The number of aromatic nitrogens is 2. The number of amides is 2. The zero-order valence-electron chi connectivity index (χ0n) is 16.4. The van der Waals surface area contributed by atoms with Crippen molar-refractivity contribution in [2.75, 3.05) is 19.4 Å². The van der Waals surface area contributed by atoms with Gasteiger partial charge >= 0.3 is 0 Å². The number of nitrogens with zero attached hydrogens (tertiary/aromatic N) is 3. The van der Waals surface area contributed by atoms with E-state index in [0.29, 0.717) is 22.9 Å². The van der Waals surface area contributed by atoms with Gasteiger partial charge in [0.25, 0.3) is 11.8 Å². The summed E-state index contributed by atoms with van der Waals surface area (Å²) in [5, 5.41) is 3.11. The Hall–Kier alpha value is -2.86. The minimum atomic E-state index is -0.318. The van der Waals surface area contributed by atoms with E-state index >= 15 is 0 Å². The number of imidazole rings is 1. The fraction of sp³-hybridized carbons (Fsp3) is 0.286. The topological polar surface area (TPSA) is 66.7 Å². The molecule has 0 fully saturated rings. The molecule has 3 rings (SSSR count). The Bertz CT molecular complexity index is 1040. The summed E-state index contributed by atoms with van der Waals surface area (Å²) in [6, 6.07) is 10.5. The molecule has 0 spiro atoms. The Morgan fingerprint density at radius 1 is 1.21 bits per heavy atom. The van der Waals surface area contributed by atoms with Gasteiger partial charge in [0, 0.05) is 32.4 Å². The van der Waals surface area contributed by atoms with E-state index in [2.05, 4.69) is 24.1 Å². The van der Waals surface area contributed by atoms with Crippen LogP contribution in [0.3, 0.4) is 0 Å². The van der Waals surface area contributed by atoms with Crippen LogP contribution in [-0.2, 0) is 6.42 Å². The number of carbonyl (C=O) groups excluding carboxylic acids is 2. The molecule has 0 aliphatic rings. The van der Waals surface area contributed by atoms with Crippen molar-refractivity contribution in [1.29, 1.82) is 0 Å². The Morgan fingerprint density at radius 3 is 2.61 bits per heavy atom. The first kappa shape index (κ1) is 19.9. The van der Waals surface area contributed by atoms with Gasteiger partial charge in [0.1, 0.15) is 5.82 Å². The minimum absolute atomic E-state index is 0.193. The third-order valence-electron chi connectivity index (χ3n) is 4.29. The Balaban J connectivity index is 1.89. The van der Waals surface area contributed by atoms with Crippen molar-refractivity contribution in [2.24, 2.45) is 5.92 Å². The fourth-order valence-corrected chi connectivity index (χ4v) is 3.24. The monoisotopic (exact) mass is 398 g/mol. The number of halogens is 1. The van der Waals surface area contributed by atoms with Crippen molar-refractivity contribution in [2.45, 2.75) is 20.3 Å². The maximum Gasteiger partial charge on any atom is 0.276 e. The highest BCUT2D eigenvalue weighted by Crippen LogP contribution is 2.23. The fourth-order valence-electron chi connectivity index (χ4n) is 2.98. The second-order valence-electron chi connectivity index (χ2n) is 7.28. The summed E-state index contributed by atoms with van der Waals surface area (Å²) in [4.78, 5) is 31.0. The largest absolute Gasteiger partial charge is 0.345 e. The van der Waals surface area contributed by atoms with Gasteiger partial charge in [-0.15, -0.1) is 0 Å². The second-order valence-corrected chi connectivity index (χ2v) is 7.69. The van der Waals surface area contributed by atoms with Gasteiger partial charge in [-0.2, -0.15) is 0 Å². The van der Waals surface area contributed by atoms with Gasteiger partial charge in [0.2, 0.25) is 0 Å². The van der Waals surface area contributed by atoms with Crippen LogP contribution in [0.5, 0.6) is 0 Å². The second kappa shape index (κ2) is 8.02. The normalized spacial score (nSPS) is 11.1. The molecule has 1 aromatic carbocycles. The highest BCUT2D eigenvalue weighted by molar-refractivity contribution is 6.34.